The quantitative estimate of drug-likeness (QED) is 0.0583. The molecule has 0 N–H and O–H groups in total. The minimum atomic E-state index is -0.300. The fraction of sp³-hybridized carbons (Fsp3) is 0.841. The number of carbonyl (C=O) groups is 3. The summed E-state index contributed by atoms with van der Waals surface area (Å²) in [7, 11) is 26.1. The smallest absolute Gasteiger partial charge is 0.237 e. The number of allylic oxidation sites excluding steroid dienone is 1. The summed E-state index contributed by atoms with van der Waals surface area (Å²) in [6.07, 6.45) is 13.0. The molecule has 14 unspecified atom stereocenters. The number of carbonyl (C=O) groups excluding carboxylic acids is 3. The highest BCUT2D eigenvalue weighted by Gasteiger charge is 2.54. The zero-order valence-corrected chi connectivity index (χ0v) is 62.4. The van der Waals surface area contributed by atoms with E-state index in [4.69, 9.17) is 6.58 Å². The molecule has 0 spiro atoms. The van der Waals surface area contributed by atoms with E-state index in [-0.39, 0.29) is 41.4 Å². The van der Waals surface area contributed by atoms with Crippen LogP contribution in [0.25, 0.3) is 0 Å². The lowest BCUT2D eigenvalue weighted by Gasteiger charge is -2.38. The molecule has 5 rings (SSSR count). The first-order valence-corrected chi connectivity index (χ1v) is 39.6. The minimum Gasteiger partial charge on any atom is -0.309 e. The first kappa shape index (κ1) is 76.1. The average Bonchev–Trinajstić information content (AvgIpc) is 1.95. The number of thioether (sulfide) groups is 6. The number of fused-ring (bicyclic) bond motifs is 2. The molecule has 4 fully saturated rings. The maximum Gasteiger partial charge on any atom is 0.237 e. The van der Waals surface area contributed by atoms with Crippen molar-refractivity contribution >= 4 is 99.7 Å². The van der Waals surface area contributed by atoms with Crippen molar-refractivity contribution in [2.45, 2.75) is 150 Å². The summed E-state index contributed by atoms with van der Waals surface area (Å²) in [6.45, 7) is 25.8. The van der Waals surface area contributed by atoms with Crippen LogP contribution in [0, 0.1) is 59.2 Å². The standard InChI is InChI=1S/C69H124N8O3S6/c1-48(2)61(81-38-32-70(8)9)28-20-50(5)63(83-40-34-72(12)13)30-22-53-44-57-52(7)76(67(78)59(57)46-65(53)85-42-36-74(16)17)55-24-26-56(27-25-55)77-68(79)58-45-54(66(47-60(58)69(77)80)86-43-37-75(18)19)23-31-64(84-41-35-73(14)15)51(6)21-29-62(49(3)4)82-39-33-71(10)11/h24-27,48-51,53-54,57-66H,7,20-23,28-47H2,1-6,8-19H3. The highest BCUT2D eigenvalue weighted by atomic mass is 32.2. The molecule has 0 aromatic heterocycles. The van der Waals surface area contributed by atoms with E-state index in [1.165, 1.54) is 54.9 Å². The van der Waals surface area contributed by atoms with Gasteiger partial charge < -0.3 is 29.4 Å². The Morgan fingerprint density at radius 3 is 1.07 bits per heavy atom. The maximum absolute atomic E-state index is 14.8. The van der Waals surface area contributed by atoms with E-state index >= 15 is 0 Å². The second kappa shape index (κ2) is 38.6. The third kappa shape index (κ3) is 24.1. The Kier molecular flexibility index (Phi) is 34.2. The molecule has 0 radical (unpaired) electrons. The highest BCUT2D eigenvalue weighted by Crippen LogP contribution is 2.52. The van der Waals surface area contributed by atoms with Crippen molar-refractivity contribution in [1.29, 1.82) is 0 Å². The summed E-state index contributed by atoms with van der Waals surface area (Å²) >= 11 is 12.8. The third-order valence-corrected chi connectivity index (χ3v) is 28.4. The molecule has 11 nitrogen and oxygen atoms in total. The van der Waals surface area contributed by atoms with Gasteiger partial charge in [0.05, 0.1) is 17.5 Å². The number of benzene rings is 1. The molecule has 3 amide bonds. The fourth-order valence-electron chi connectivity index (χ4n) is 13.5. The summed E-state index contributed by atoms with van der Waals surface area (Å²) in [6, 6.07) is 7.81. The van der Waals surface area contributed by atoms with Crippen molar-refractivity contribution in [3.63, 3.8) is 0 Å². The van der Waals surface area contributed by atoms with Crippen molar-refractivity contribution in [3.8, 4) is 0 Å². The van der Waals surface area contributed by atoms with Gasteiger partial charge in [-0.15, -0.1) is 0 Å². The molecule has 2 heterocycles. The molecule has 4 aliphatic rings. The van der Waals surface area contributed by atoms with Gasteiger partial charge in [-0.05, 0) is 221 Å². The Hall–Kier alpha value is -0.570. The number of hydrogen-bond donors (Lipinski definition) is 0. The van der Waals surface area contributed by atoms with Gasteiger partial charge in [0.25, 0.3) is 0 Å². The van der Waals surface area contributed by atoms with Crippen molar-refractivity contribution in [3.05, 3.63) is 36.5 Å². The molecule has 2 aliphatic carbocycles. The lowest BCUT2D eigenvalue weighted by Crippen LogP contribution is -2.36. The zero-order chi connectivity index (χ0) is 63.4. The largest absolute Gasteiger partial charge is 0.309 e. The zero-order valence-electron chi connectivity index (χ0n) is 57.5. The monoisotopic (exact) mass is 1300 g/mol. The van der Waals surface area contributed by atoms with Crippen molar-refractivity contribution in [2.75, 3.05) is 168 Å². The second-order valence-electron chi connectivity index (χ2n) is 28.6. The number of amides is 3. The predicted molar refractivity (Wildman–Crippen MR) is 389 cm³/mol. The normalized spacial score (nSPS) is 25.1. The van der Waals surface area contributed by atoms with Crippen LogP contribution in [0.5, 0.6) is 0 Å². The minimum absolute atomic E-state index is 0.0371. The molecular formula is C69H124N8O3S6. The lowest BCUT2D eigenvalue weighted by atomic mass is 9.72. The van der Waals surface area contributed by atoms with Crippen LogP contribution in [0.3, 0.4) is 0 Å². The van der Waals surface area contributed by atoms with E-state index in [0.717, 1.165) is 112 Å². The Morgan fingerprint density at radius 2 is 0.709 bits per heavy atom. The van der Waals surface area contributed by atoms with Crippen molar-refractivity contribution < 1.29 is 14.4 Å². The van der Waals surface area contributed by atoms with Gasteiger partial charge in [0.1, 0.15) is 0 Å². The van der Waals surface area contributed by atoms with Crippen LogP contribution in [0.4, 0.5) is 11.4 Å². The van der Waals surface area contributed by atoms with Crippen molar-refractivity contribution in [1.82, 2.24) is 29.4 Å². The number of imide groups is 1. The van der Waals surface area contributed by atoms with Crippen LogP contribution >= 0.6 is 70.6 Å². The molecule has 86 heavy (non-hydrogen) atoms. The fourth-order valence-corrected chi connectivity index (χ4v) is 22.8. The summed E-state index contributed by atoms with van der Waals surface area (Å²) in [4.78, 5) is 61.5. The van der Waals surface area contributed by atoms with Crippen LogP contribution in [0.2, 0.25) is 0 Å². The van der Waals surface area contributed by atoms with Crippen molar-refractivity contribution in [2.24, 2.45) is 59.2 Å². The topological polar surface area (TPSA) is 77.1 Å². The number of nitrogens with zero attached hydrogens (tertiary/aromatic N) is 8. The van der Waals surface area contributed by atoms with E-state index in [0.29, 0.717) is 72.7 Å². The van der Waals surface area contributed by atoms with E-state index in [1.807, 2.05) is 40.9 Å². The molecule has 2 saturated heterocycles. The summed E-state index contributed by atoms with van der Waals surface area (Å²) < 4.78 is 0. The van der Waals surface area contributed by atoms with Gasteiger partial charge in [0.15, 0.2) is 0 Å². The van der Waals surface area contributed by atoms with Gasteiger partial charge in [-0.3, -0.25) is 24.2 Å². The van der Waals surface area contributed by atoms with Gasteiger partial charge in [0, 0.05) is 129 Å². The maximum atomic E-state index is 14.8. The predicted octanol–water partition coefficient (Wildman–Crippen LogP) is 13.4. The highest BCUT2D eigenvalue weighted by molar-refractivity contribution is 8.01. The van der Waals surface area contributed by atoms with Gasteiger partial charge >= 0.3 is 0 Å². The van der Waals surface area contributed by atoms with Crippen LogP contribution < -0.4 is 9.80 Å². The summed E-state index contributed by atoms with van der Waals surface area (Å²) in [5.74, 6) is 9.66. The van der Waals surface area contributed by atoms with Crippen LogP contribution in [0.15, 0.2) is 36.5 Å². The molecule has 14 atom stereocenters. The number of rotatable bonds is 42. The van der Waals surface area contributed by atoms with Gasteiger partial charge in [-0.2, -0.15) is 70.6 Å². The SMILES string of the molecule is C=C1C2CC(CCC(SCCN(C)C)C(C)CCC(SCCN(C)C)C(C)C)C(SCCN(C)C)CC2C(=O)N1c1ccc(N2C(=O)C3CC(CCC(SCCN(C)C)C(C)CCC(SCCN(C)C)C(C)C)C(SCCN(C)C)CC3C2=O)cc1. The van der Waals surface area contributed by atoms with Crippen LogP contribution in [0.1, 0.15) is 119 Å². The third-order valence-electron chi connectivity index (χ3n) is 19.2. The molecular weight excluding hydrogens is 1180 g/mol. The molecule has 1 aromatic rings. The van der Waals surface area contributed by atoms with E-state index in [1.54, 1.807) is 0 Å². The molecule has 2 aliphatic heterocycles. The van der Waals surface area contributed by atoms with Gasteiger partial charge in [0.2, 0.25) is 17.7 Å². The number of anilines is 2. The second-order valence-corrected chi connectivity index (χ2v) is 36.7. The number of hydrogen-bond acceptors (Lipinski definition) is 15. The Bertz CT molecular complexity index is 2000. The molecule has 2 saturated carbocycles. The molecule has 494 valence electrons. The molecule has 1 aromatic carbocycles. The summed E-state index contributed by atoms with van der Waals surface area (Å²) in [5, 5.41) is 3.28. The molecule has 17 heteroatoms. The van der Waals surface area contributed by atoms with E-state index in [2.05, 4.69) is 214 Å². The van der Waals surface area contributed by atoms with E-state index in [9.17, 15) is 14.4 Å². The first-order valence-electron chi connectivity index (χ1n) is 33.4. The Balaban J connectivity index is 1.30. The van der Waals surface area contributed by atoms with Crippen LogP contribution in [-0.2, 0) is 14.4 Å². The van der Waals surface area contributed by atoms with E-state index < -0.39 is 0 Å². The first-order chi connectivity index (χ1) is 40.8. The van der Waals surface area contributed by atoms with Gasteiger partial charge in [-0.1, -0.05) is 48.1 Å². The average molecular weight is 1310 g/mol. The van der Waals surface area contributed by atoms with Gasteiger partial charge in [-0.25, -0.2) is 0 Å². The molecule has 0 bridgehead atoms. The Labute approximate surface area is 553 Å². The Morgan fingerprint density at radius 1 is 0.407 bits per heavy atom. The lowest BCUT2D eigenvalue weighted by molar-refractivity contribution is -0.123. The summed E-state index contributed by atoms with van der Waals surface area (Å²) in [5.41, 5.74) is 2.33. The van der Waals surface area contributed by atoms with Crippen LogP contribution in [-0.4, -0.2) is 237 Å².